The highest BCUT2D eigenvalue weighted by Gasteiger charge is 2.15. The van der Waals surface area contributed by atoms with Gasteiger partial charge in [-0.2, -0.15) is 0 Å². The van der Waals surface area contributed by atoms with E-state index in [2.05, 4.69) is 4.74 Å². The number of halogens is 2. The van der Waals surface area contributed by atoms with Crippen LogP contribution in [0.25, 0.3) is 0 Å². The van der Waals surface area contributed by atoms with Crippen molar-refractivity contribution in [1.29, 1.82) is 0 Å². The molecule has 0 aliphatic rings. The SMILES string of the molecule is CCOC(=O)C(N)COc1ccc(F)c(F)c1. The number of nitrogens with two attached hydrogens (primary N) is 1. The Hall–Kier alpha value is -1.69. The molecule has 0 bridgehead atoms. The lowest BCUT2D eigenvalue weighted by atomic mass is 10.3. The molecule has 0 spiro atoms. The van der Waals surface area contributed by atoms with Gasteiger partial charge in [0.2, 0.25) is 0 Å². The number of carbonyl (C=O) groups is 1. The number of benzene rings is 1. The van der Waals surface area contributed by atoms with Crippen LogP contribution in [0.5, 0.6) is 5.75 Å². The predicted octanol–water partition coefficient (Wildman–Crippen LogP) is 1.23. The maximum Gasteiger partial charge on any atom is 0.326 e. The van der Waals surface area contributed by atoms with E-state index in [1.807, 2.05) is 0 Å². The van der Waals surface area contributed by atoms with E-state index in [-0.39, 0.29) is 19.0 Å². The third-order valence-corrected chi connectivity index (χ3v) is 1.91. The Labute approximate surface area is 97.3 Å². The van der Waals surface area contributed by atoms with Crippen molar-refractivity contribution >= 4 is 5.97 Å². The predicted molar refractivity (Wildman–Crippen MR) is 56.5 cm³/mol. The highest BCUT2D eigenvalue weighted by Crippen LogP contribution is 2.15. The smallest absolute Gasteiger partial charge is 0.326 e. The van der Waals surface area contributed by atoms with E-state index in [4.69, 9.17) is 10.5 Å². The molecule has 0 aliphatic heterocycles. The number of carbonyl (C=O) groups excluding carboxylic acids is 1. The summed E-state index contributed by atoms with van der Waals surface area (Å²) in [6.45, 7) is 1.71. The molecule has 6 heteroatoms. The molecular weight excluding hydrogens is 232 g/mol. The third kappa shape index (κ3) is 3.99. The highest BCUT2D eigenvalue weighted by molar-refractivity contribution is 5.75. The Morgan fingerprint density at radius 1 is 1.41 bits per heavy atom. The highest BCUT2D eigenvalue weighted by atomic mass is 19.2. The topological polar surface area (TPSA) is 61.5 Å². The van der Waals surface area contributed by atoms with Crippen molar-refractivity contribution in [3.8, 4) is 5.75 Å². The minimum atomic E-state index is -1.02. The average Bonchev–Trinajstić information content (AvgIpc) is 2.30. The molecule has 0 saturated heterocycles. The second-order valence-corrected chi connectivity index (χ2v) is 3.25. The zero-order valence-corrected chi connectivity index (χ0v) is 9.28. The normalized spacial score (nSPS) is 12.0. The summed E-state index contributed by atoms with van der Waals surface area (Å²) >= 11 is 0. The summed E-state index contributed by atoms with van der Waals surface area (Å²) in [6.07, 6.45) is 0. The number of ether oxygens (including phenoxy) is 2. The van der Waals surface area contributed by atoms with Gasteiger partial charge >= 0.3 is 5.97 Å². The molecule has 17 heavy (non-hydrogen) atoms. The Kier molecular flexibility index (Phi) is 4.84. The summed E-state index contributed by atoms with van der Waals surface area (Å²) in [5, 5.41) is 0. The summed E-state index contributed by atoms with van der Waals surface area (Å²) in [6, 6.07) is 2.10. The van der Waals surface area contributed by atoms with Crippen LogP contribution in [0, 0.1) is 11.6 Å². The molecule has 0 amide bonds. The summed E-state index contributed by atoms with van der Waals surface area (Å²) < 4.78 is 35.1. The van der Waals surface area contributed by atoms with E-state index < -0.39 is 23.6 Å². The van der Waals surface area contributed by atoms with Gasteiger partial charge in [-0.25, -0.2) is 8.78 Å². The standard InChI is InChI=1S/C11H13F2NO3/c1-2-16-11(15)10(14)6-17-7-3-4-8(12)9(13)5-7/h3-5,10H,2,6,14H2,1H3. The maximum absolute atomic E-state index is 12.8. The summed E-state index contributed by atoms with van der Waals surface area (Å²) in [5.74, 6) is -2.49. The summed E-state index contributed by atoms with van der Waals surface area (Å²) in [4.78, 5) is 11.1. The van der Waals surface area contributed by atoms with Gasteiger partial charge in [0.1, 0.15) is 18.4 Å². The summed E-state index contributed by atoms with van der Waals surface area (Å²) in [7, 11) is 0. The van der Waals surface area contributed by atoms with Crippen LogP contribution in [0.3, 0.4) is 0 Å². The molecule has 0 aliphatic carbocycles. The molecule has 0 saturated carbocycles. The van der Waals surface area contributed by atoms with Crippen molar-refractivity contribution in [3.63, 3.8) is 0 Å². The Balaban J connectivity index is 2.50. The van der Waals surface area contributed by atoms with Gasteiger partial charge in [0, 0.05) is 6.07 Å². The number of hydrogen-bond donors (Lipinski definition) is 1. The minimum absolute atomic E-state index is 0.101. The van der Waals surface area contributed by atoms with Crippen molar-refractivity contribution in [2.24, 2.45) is 5.73 Å². The minimum Gasteiger partial charge on any atom is -0.491 e. The molecule has 1 atom stereocenters. The van der Waals surface area contributed by atoms with Crippen molar-refractivity contribution in [1.82, 2.24) is 0 Å². The number of hydrogen-bond acceptors (Lipinski definition) is 4. The van der Waals surface area contributed by atoms with Crippen LogP contribution in [0.2, 0.25) is 0 Å². The average molecular weight is 245 g/mol. The van der Waals surface area contributed by atoms with Crippen LogP contribution in [-0.2, 0) is 9.53 Å². The van der Waals surface area contributed by atoms with Gasteiger partial charge < -0.3 is 15.2 Å². The monoisotopic (exact) mass is 245 g/mol. The first-order valence-corrected chi connectivity index (χ1v) is 5.04. The number of rotatable bonds is 5. The Bertz CT molecular complexity index is 398. The van der Waals surface area contributed by atoms with Crippen LogP contribution in [0.1, 0.15) is 6.92 Å². The van der Waals surface area contributed by atoms with Gasteiger partial charge in [0.05, 0.1) is 6.61 Å². The van der Waals surface area contributed by atoms with E-state index in [9.17, 15) is 13.6 Å². The van der Waals surface area contributed by atoms with Crippen LogP contribution >= 0.6 is 0 Å². The maximum atomic E-state index is 12.8. The Morgan fingerprint density at radius 3 is 2.71 bits per heavy atom. The van der Waals surface area contributed by atoms with E-state index in [0.29, 0.717) is 0 Å². The molecular formula is C11H13F2NO3. The van der Waals surface area contributed by atoms with Crippen molar-refractivity contribution in [3.05, 3.63) is 29.8 Å². The summed E-state index contributed by atoms with van der Waals surface area (Å²) in [5.41, 5.74) is 5.45. The van der Waals surface area contributed by atoms with E-state index in [1.165, 1.54) is 6.07 Å². The zero-order chi connectivity index (χ0) is 12.8. The molecule has 94 valence electrons. The van der Waals surface area contributed by atoms with E-state index in [0.717, 1.165) is 12.1 Å². The zero-order valence-electron chi connectivity index (χ0n) is 9.28. The first kappa shape index (κ1) is 13.4. The lowest BCUT2D eigenvalue weighted by Crippen LogP contribution is -2.37. The van der Waals surface area contributed by atoms with E-state index in [1.54, 1.807) is 6.92 Å². The molecule has 2 N–H and O–H groups in total. The quantitative estimate of drug-likeness (QED) is 0.793. The van der Waals surface area contributed by atoms with Crippen LogP contribution in [0.4, 0.5) is 8.78 Å². The van der Waals surface area contributed by atoms with E-state index >= 15 is 0 Å². The molecule has 1 unspecified atom stereocenters. The fourth-order valence-electron chi connectivity index (χ4n) is 1.07. The van der Waals surface area contributed by atoms with Crippen molar-refractivity contribution in [2.45, 2.75) is 13.0 Å². The third-order valence-electron chi connectivity index (χ3n) is 1.91. The molecule has 0 heterocycles. The van der Waals surface area contributed by atoms with Crippen molar-refractivity contribution < 1.29 is 23.0 Å². The van der Waals surface area contributed by atoms with Gasteiger partial charge in [-0.1, -0.05) is 0 Å². The lowest BCUT2D eigenvalue weighted by Gasteiger charge is -2.12. The molecule has 1 aromatic rings. The molecule has 0 radical (unpaired) electrons. The molecule has 1 rings (SSSR count). The van der Waals surface area contributed by atoms with Gasteiger partial charge in [0.25, 0.3) is 0 Å². The van der Waals surface area contributed by atoms with Gasteiger partial charge in [-0.3, -0.25) is 4.79 Å². The second-order valence-electron chi connectivity index (χ2n) is 3.25. The molecule has 4 nitrogen and oxygen atoms in total. The second kappa shape index (κ2) is 6.15. The fourth-order valence-corrected chi connectivity index (χ4v) is 1.07. The van der Waals surface area contributed by atoms with Crippen LogP contribution in [-0.4, -0.2) is 25.2 Å². The van der Waals surface area contributed by atoms with Gasteiger partial charge in [-0.05, 0) is 19.1 Å². The van der Waals surface area contributed by atoms with Crippen molar-refractivity contribution in [2.75, 3.05) is 13.2 Å². The first-order chi connectivity index (χ1) is 8.04. The Morgan fingerprint density at radius 2 is 2.12 bits per heavy atom. The first-order valence-electron chi connectivity index (χ1n) is 5.04. The largest absolute Gasteiger partial charge is 0.491 e. The van der Waals surface area contributed by atoms with Crippen LogP contribution in [0.15, 0.2) is 18.2 Å². The van der Waals surface area contributed by atoms with Crippen LogP contribution < -0.4 is 10.5 Å². The van der Waals surface area contributed by atoms with Gasteiger partial charge in [-0.15, -0.1) is 0 Å². The molecule has 0 fully saturated rings. The van der Waals surface area contributed by atoms with Gasteiger partial charge in [0.15, 0.2) is 11.6 Å². The molecule has 0 aromatic heterocycles. The fraction of sp³-hybridized carbons (Fsp3) is 0.364. The lowest BCUT2D eigenvalue weighted by molar-refractivity contribution is -0.145. The number of esters is 1. The molecule has 1 aromatic carbocycles.